The van der Waals surface area contributed by atoms with Crippen LogP contribution in [0.25, 0.3) is 21.0 Å². The summed E-state index contributed by atoms with van der Waals surface area (Å²) in [6, 6.07) is 21.6. The van der Waals surface area contributed by atoms with Gasteiger partial charge in [-0.25, -0.2) is 13.2 Å². The van der Waals surface area contributed by atoms with Gasteiger partial charge in [0.15, 0.2) is 0 Å². The topological polar surface area (TPSA) is 93.0 Å². The lowest BCUT2D eigenvalue weighted by Gasteiger charge is -2.41. The van der Waals surface area contributed by atoms with Crippen LogP contribution >= 0.6 is 27.3 Å². The number of ether oxygens (including phenoxy) is 1. The standard InChI is InChI=1S/C21H21BrN2O3S2.C8H5NO2/c22-16-5-6-19-15(11-16)12-27-14-24(19)17-7-9-23(10-8-17)29(25,26)21-13-28-20-4-2-1-3-18(20)21;10-8-9-7-4-2-1-3-6(7)5-11-8/h1-6,11,13,17H,7-10,12,14H2;1-5H. The molecule has 0 unspecified atom stereocenters. The minimum absolute atomic E-state index is 0.279. The number of para-hydroxylation sites is 1. The van der Waals surface area contributed by atoms with E-state index in [9.17, 15) is 13.2 Å². The molecule has 206 valence electrons. The fourth-order valence-electron chi connectivity index (χ4n) is 5.19. The highest BCUT2D eigenvalue weighted by molar-refractivity contribution is 9.10. The number of hydrogen-bond acceptors (Lipinski definition) is 8. The molecule has 0 amide bonds. The maximum Gasteiger partial charge on any atom is 0.439 e. The second-order valence-electron chi connectivity index (χ2n) is 9.62. The summed E-state index contributed by atoms with van der Waals surface area (Å²) in [4.78, 5) is 17.0. The molecule has 0 N–H and O–H groups in total. The summed E-state index contributed by atoms with van der Waals surface area (Å²) >= 11 is 5.01. The average molecular weight is 641 g/mol. The number of piperidine rings is 1. The van der Waals surface area contributed by atoms with Crippen LogP contribution < -0.4 is 10.7 Å². The Morgan fingerprint density at radius 2 is 1.77 bits per heavy atom. The Balaban J connectivity index is 0.000000219. The number of rotatable bonds is 3. The number of fused-ring (bicyclic) bond motifs is 3. The number of halogens is 1. The number of aromatic nitrogens is 1. The van der Waals surface area contributed by atoms with Gasteiger partial charge in [-0.1, -0.05) is 46.3 Å². The van der Waals surface area contributed by atoms with Gasteiger partial charge in [0.25, 0.3) is 0 Å². The van der Waals surface area contributed by atoms with E-state index in [0.29, 0.717) is 36.8 Å². The zero-order chi connectivity index (χ0) is 27.7. The van der Waals surface area contributed by atoms with Crippen molar-refractivity contribution in [3.8, 4) is 0 Å². The molecule has 0 spiro atoms. The van der Waals surface area contributed by atoms with Crippen LogP contribution in [0.15, 0.2) is 97.0 Å². The fraction of sp³-hybridized carbons (Fsp3) is 0.241. The first-order chi connectivity index (χ1) is 19.4. The van der Waals surface area contributed by atoms with Gasteiger partial charge in [0.2, 0.25) is 10.0 Å². The van der Waals surface area contributed by atoms with Gasteiger partial charge >= 0.3 is 5.76 Å². The third-order valence-electron chi connectivity index (χ3n) is 7.20. The largest absolute Gasteiger partial charge is 0.439 e. The lowest BCUT2D eigenvalue weighted by molar-refractivity contribution is 0.0987. The van der Waals surface area contributed by atoms with Crippen LogP contribution in [0.1, 0.15) is 18.4 Å². The van der Waals surface area contributed by atoms with Gasteiger partial charge in [0.1, 0.15) is 17.9 Å². The first-order valence-corrected chi connectivity index (χ1v) is 16.0. The Morgan fingerprint density at radius 1 is 1.00 bits per heavy atom. The molecule has 0 bridgehead atoms. The molecule has 2 aliphatic rings. The van der Waals surface area contributed by atoms with Crippen molar-refractivity contribution in [3.05, 3.63) is 99.0 Å². The molecule has 7 rings (SSSR count). The first-order valence-electron chi connectivity index (χ1n) is 12.8. The Kier molecular flexibility index (Phi) is 7.74. The molecule has 11 heteroatoms. The molecule has 40 heavy (non-hydrogen) atoms. The zero-order valence-corrected chi connectivity index (χ0v) is 24.6. The SMILES string of the molecule is O=S(=O)(c1csc2ccccc12)N1CCC(N2COCc3cc(Br)ccc32)CC1.O=c1nc2ccccc2co1. The number of nitrogens with zero attached hydrogens (tertiary/aromatic N) is 3. The summed E-state index contributed by atoms with van der Waals surface area (Å²) in [7, 11) is -3.48. The van der Waals surface area contributed by atoms with E-state index in [-0.39, 0.29) is 6.04 Å². The molecule has 1 fully saturated rings. The molecule has 1 saturated heterocycles. The van der Waals surface area contributed by atoms with Crippen molar-refractivity contribution in [2.75, 3.05) is 24.7 Å². The molecule has 4 heterocycles. The molecular weight excluding hydrogens is 614 g/mol. The highest BCUT2D eigenvalue weighted by Gasteiger charge is 2.34. The number of anilines is 1. The average Bonchev–Trinajstić information content (AvgIpc) is 3.42. The van der Waals surface area contributed by atoms with E-state index in [2.05, 4.69) is 48.4 Å². The molecule has 0 atom stereocenters. The van der Waals surface area contributed by atoms with E-state index in [0.717, 1.165) is 32.8 Å². The normalized spacial score (nSPS) is 16.5. The smallest absolute Gasteiger partial charge is 0.416 e. The van der Waals surface area contributed by atoms with Gasteiger partial charge in [-0.2, -0.15) is 9.29 Å². The van der Waals surface area contributed by atoms with Crippen molar-refractivity contribution in [1.29, 1.82) is 0 Å². The maximum atomic E-state index is 13.3. The molecule has 2 aromatic heterocycles. The molecule has 0 saturated carbocycles. The lowest BCUT2D eigenvalue weighted by atomic mass is 10.0. The van der Waals surface area contributed by atoms with Crippen molar-refractivity contribution in [2.24, 2.45) is 0 Å². The van der Waals surface area contributed by atoms with Crippen LogP contribution in [-0.4, -0.2) is 43.6 Å². The maximum absolute atomic E-state index is 13.3. The molecule has 2 aliphatic heterocycles. The molecule has 8 nitrogen and oxygen atoms in total. The molecule has 0 radical (unpaired) electrons. The van der Waals surface area contributed by atoms with Gasteiger partial charge in [-0.15, -0.1) is 11.3 Å². The van der Waals surface area contributed by atoms with Crippen molar-refractivity contribution >= 4 is 64.0 Å². The van der Waals surface area contributed by atoms with Crippen LogP contribution in [0.4, 0.5) is 5.69 Å². The van der Waals surface area contributed by atoms with Crippen molar-refractivity contribution in [2.45, 2.75) is 30.4 Å². The number of hydrogen-bond donors (Lipinski definition) is 0. The summed E-state index contributed by atoms with van der Waals surface area (Å²) in [5.74, 6) is -0.552. The molecular formula is C29H26BrN3O5S2. The molecule has 5 aromatic rings. The van der Waals surface area contributed by atoms with Gasteiger partial charge in [0, 0.05) is 55.7 Å². The Hall–Kier alpha value is -3.09. The summed E-state index contributed by atoms with van der Waals surface area (Å²) in [6.07, 6.45) is 2.99. The van der Waals surface area contributed by atoms with Crippen LogP contribution in [0, 0.1) is 0 Å². The predicted molar refractivity (Wildman–Crippen MR) is 160 cm³/mol. The third-order valence-corrected chi connectivity index (χ3v) is 10.7. The van der Waals surface area contributed by atoms with E-state index in [1.54, 1.807) is 15.8 Å². The van der Waals surface area contributed by atoms with Gasteiger partial charge in [0.05, 0.1) is 12.1 Å². The van der Waals surface area contributed by atoms with Gasteiger partial charge < -0.3 is 14.1 Å². The van der Waals surface area contributed by atoms with E-state index >= 15 is 0 Å². The van der Waals surface area contributed by atoms with Crippen LogP contribution in [0.5, 0.6) is 0 Å². The highest BCUT2D eigenvalue weighted by atomic mass is 79.9. The third kappa shape index (κ3) is 5.44. The zero-order valence-electron chi connectivity index (χ0n) is 21.4. The van der Waals surface area contributed by atoms with E-state index < -0.39 is 15.8 Å². The monoisotopic (exact) mass is 639 g/mol. The summed E-state index contributed by atoms with van der Waals surface area (Å²) in [6.45, 7) is 2.23. The van der Waals surface area contributed by atoms with Crippen LogP contribution in [0.3, 0.4) is 0 Å². The highest BCUT2D eigenvalue weighted by Crippen LogP contribution is 2.35. The quantitative estimate of drug-likeness (QED) is 0.239. The minimum atomic E-state index is -3.48. The van der Waals surface area contributed by atoms with E-state index in [4.69, 9.17) is 4.74 Å². The van der Waals surface area contributed by atoms with Gasteiger partial charge in [-0.05, 0) is 49.2 Å². The van der Waals surface area contributed by atoms with E-state index in [1.165, 1.54) is 28.9 Å². The lowest BCUT2D eigenvalue weighted by Crippen LogP contribution is -2.48. The number of thiophene rings is 1. The molecule has 0 aliphatic carbocycles. The van der Waals surface area contributed by atoms with Crippen molar-refractivity contribution < 1.29 is 17.6 Å². The second kappa shape index (κ2) is 11.4. The Morgan fingerprint density at radius 3 is 2.62 bits per heavy atom. The van der Waals surface area contributed by atoms with Crippen molar-refractivity contribution in [1.82, 2.24) is 9.29 Å². The summed E-state index contributed by atoms with van der Waals surface area (Å²) in [5, 5.41) is 3.44. The number of sulfonamides is 1. The predicted octanol–water partition coefficient (Wildman–Crippen LogP) is 6.00. The Labute approximate surface area is 244 Å². The fourth-order valence-corrected chi connectivity index (χ4v) is 8.54. The Bertz CT molecular complexity index is 1830. The van der Waals surface area contributed by atoms with Crippen LogP contribution in [0.2, 0.25) is 0 Å². The van der Waals surface area contributed by atoms with Crippen molar-refractivity contribution in [3.63, 3.8) is 0 Å². The van der Waals surface area contributed by atoms with Gasteiger partial charge in [-0.3, -0.25) is 0 Å². The number of benzene rings is 3. The summed E-state index contributed by atoms with van der Waals surface area (Å²) < 4.78 is 40.6. The van der Waals surface area contributed by atoms with Crippen LogP contribution in [-0.2, 0) is 21.4 Å². The first kappa shape index (κ1) is 27.1. The molecule has 3 aromatic carbocycles. The minimum Gasteiger partial charge on any atom is -0.416 e. The second-order valence-corrected chi connectivity index (χ2v) is 13.4. The summed E-state index contributed by atoms with van der Waals surface area (Å²) in [5.41, 5.74) is 3.04. The van der Waals surface area contributed by atoms with E-state index in [1.807, 2.05) is 42.5 Å².